The summed E-state index contributed by atoms with van der Waals surface area (Å²) in [6.45, 7) is 5.40. The summed E-state index contributed by atoms with van der Waals surface area (Å²) in [6.07, 6.45) is 3.06. The molecule has 0 aromatic rings. The quantitative estimate of drug-likeness (QED) is 0.528. The van der Waals surface area contributed by atoms with Crippen molar-refractivity contribution in [3.05, 3.63) is 23.6 Å². The summed E-state index contributed by atoms with van der Waals surface area (Å²) < 4.78 is 5.00. The largest absolute Gasteiger partial charge is 0.475 e. The fraction of sp³-hybridized carbons (Fsp3) is 0.375. The zero-order valence-corrected chi connectivity index (χ0v) is 7.71. The number of aliphatic hydroxyl groups is 1. The smallest absolute Gasteiger partial charge is 0.208 e. The number of nitrogens with zero attached hydrogens (tertiary/aromatic N) is 1. The maximum Gasteiger partial charge on any atom is 0.208 e. The molecule has 0 aliphatic heterocycles. The van der Waals surface area contributed by atoms with Gasteiger partial charge in [-0.3, -0.25) is 0 Å². The van der Waals surface area contributed by atoms with Crippen molar-refractivity contribution in [1.29, 1.82) is 0 Å². The van der Waals surface area contributed by atoms with Gasteiger partial charge < -0.3 is 9.84 Å². The molecule has 0 aromatic heterocycles. The van der Waals surface area contributed by atoms with Gasteiger partial charge in [0.2, 0.25) is 5.88 Å². The topological polar surface area (TPSA) is 41.8 Å². The number of hydrogen-bond donors (Lipinski definition) is 1. The predicted octanol–water partition coefficient (Wildman–Crippen LogP) is 1.68. The molecule has 12 heavy (non-hydrogen) atoms. The number of hydrogen-bond acceptors (Lipinski definition) is 3. The molecule has 0 aliphatic rings. The third-order valence-corrected chi connectivity index (χ3v) is 1.02. The van der Waals surface area contributed by atoms with Crippen LogP contribution in [0.1, 0.15) is 6.92 Å². The molecule has 0 unspecified atom stereocenters. The molecule has 0 aliphatic carbocycles. The monoisotopic (exact) mass is 189 g/mol. The maximum atomic E-state index is 8.44. The molecule has 0 atom stereocenters. The standard InChI is InChI=1S/C8H12ClNO2/c1-3-8(12-5-4-11)10-6-7(2)9/h3,6,11H,2,4-5H2,1H3/b8-3-,10-6?. The van der Waals surface area contributed by atoms with E-state index in [2.05, 4.69) is 11.6 Å². The van der Waals surface area contributed by atoms with Crippen molar-refractivity contribution in [2.75, 3.05) is 13.2 Å². The normalized spacial score (nSPS) is 12.1. The second-order valence-electron chi connectivity index (χ2n) is 1.90. The van der Waals surface area contributed by atoms with Gasteiger partial charge in [0.1, 0.15) is 6.61 Å². The fourth-order valence-corrected chi connectivity index (χ4v) is 0.528. The average Bonchev–Trinajstić information content (AvgIpc) is 2.05. The Balaban J connectivity index is 3.92. The molecular formula is C8H12ClNO2. The van der Waals surface area contributed by atoms with E-state index in [9.17, 15) is 0 Å². The van der Waals surface area contributed by atoms with E-state index in [0.29, 0.717) is 10.9 Å². The SMILES string of the molecule is C=C(Cl)C=N/C(=C/C)OCCO. The second kappa shape index (κ2) is 6.88. The van der Waals surface area contributed by atoms with Crippen molar-refractivity contribution in [1.82, 2.24) is 0 Å². The van der Waals surface area contributed by atoms with Crippen molar-refractivity contribution in [2.24, 2.45) is 4.99 Å². The highest BCUT2D eigenvalue weighted by Crippen LogP contribution is 2.00. The van der Waals surface area contributed by atoms with Gasteiger partial charge in [-0.1, -0.05) is 18.2 Å². The van der Waals surface area contributed by atoms with Crippen molar-refractivity contribution in [3.8, 4) is 0 Å². The molecule has 0 spiro atoms. The van der Waals surface area contributed by atoms with Crippen molar-refractivity contribution in [2.45, 2.75) is 6.92 Å². The Labute approximate surface area is 77.0 Å². The summed E-state index contributed by atoms with van der Waals surface area (Å²) in [7, 11) is 0. The summed E-state index contributed by atoms with van der Waals surface area (Å²) in [6, 6.07) is 0. The molecule has 1 N–H and O–H groups in total. The highest BCUT2D eigenvalue weighted by Gasteiger charge is 1.90. The van der Waals surface area contributed by atoms with Crippen LogP contribution >= 0.6 is 11.6 Å². The van der Waals surface area contributed by atoms with Crippen LogP contribution in [0, 0.1) is 0 Å². The Morgan fingerprint density at radius 2 is 2.42 bits per heavy atom. The summed E-state index contributed by atoms with van der Waals surface area (Å²) in [5, 5.41) is 8.78. The first kappa shape index (κ1) is 11.2. The zero-order chi connectivity index (χ0) is 9.40. The number of aliphatic hydroxyl groups excluding tert-OH is 1. The van der Waals surface area contributed by atoms with Gasteiger partial charge in [-0.2, -0.15) is 0 Å². The van der Waals surface area contributed by atoms with Gasteiger partial charge in [0, 0.05) is 6.21 Å². The average molecular weight is 190 g/mol. The second-order valence-corrected chi connectivity index (χ2v) is 2.39. The van der Waals surface area contributed by atoms with Gasteiger partial charge in [-0.25, -0.2) is 4.99 Å². The number of aliphatic imine (C=N–C) groups is 1. The molecule has 0 saturated carbocycles. The lowest BCUT2D eigenvalue weighted by molar-refractivity contribution is 0.144. The molecule has 0 heterocycles. The minimum atomic E-state index is -0.0331. The highest BCUT2D eigenvalue weighted by atomic mass is 35.5. The summed E-state index contributed by atoms with van der Waals surface area (Å²) in [4.78, 5) is 3.85. The fourth-order valence-electron chi connectivity index (χ4n) is 0.479. The van der Waals surface area contributed by atoms with E-state index >= 15 is 0 Å². The molecule has 0 amide bonds. The molecular weight excluding hydrogens is 178 g/mol. The molecule has 4 heteroatoms. The first-order chi connectivity index (χ1) is 5.70. The predicted molar refractivity (Wildman–Crippen MR) is 50.3 cm³/mol. The lowest BCUT2D eigenvalue weighted by atomic mass is 10.6. The molecule has 0 rings (SSSR count). The van der Waals surface area contributed by atoms with Crippen LogP contribution in [0.3, 0.4) is 0 Å². The lowest BCUT2D eigenvalue weighted by Gasteiger charge is -2.01. The van der Waals surface area contributed by atoms with E-state index in [1.165, 1.54) is 6.21 Å². The molecule has 68 valence electrons. The van der Waals surface area contributed by atoms with Gasteiger partial charge in [0.05, 0.1) is 11.6 Å². The molecule has 0 radical (unpaired) electrons. The molecule has 0 fully saturated rings. The summed E-state index contributed by atoms with van der Waals surface area (Å²) in [5.41, 5.74) is 0. The van der Waals surface area contributed by atoms with Gasteiger partial charge in [-0.05, 0) is 13.0 Å². The van der Waals surface area contributed by atoms with Crippen LogP contribution in [0.25, 0.3) is 0 Å². The van der Waals surface area contributed by atoms with Crippen LogP contribution in [0.2, 0.25) is 0 Å². The third kappa shape index (κ3) is 5.95. The number of rotatable bonds is 5. The maximum absolute atomic E-state index is 8.44. The molecule has 3 nitrogen and oxygen atoms in total. The van der Waals surface area contributed by atoms with Crippen LogP contribution in [0.15, 0.2) is 28.6 Å². The number of ether oxygens (including phenoxy) is 1. The zero-order valence-electron chi connectivity index (χ0n) is 6.96. The van der Waals surface area contributed by atoms with Gasteiger partial charge >= 0.3 is 0 Å². The van der Waals surface area contributed by atoms with Crippen LogP contribution < -0.4 is 0 Å². The molecule has 0 aromatic carbocycles. The van der Waals surface area contributed by atoms with Crippen molar-refractivity contribution >= 4 is 17.8 Å². The Morgan fingerprint density at radius 3 is 2.83 bits per heavy atom. The lowest BCUT2D eigenvalue weighted by Crippen LogP contribution is -1.97. The summed E-state index contributed by atoms with van der Waals surface area (Å²) >= 11 is 5.44. The van der Waals surface area contributed by atoms with Gasteiger partial charge in [0.25, 0.3) is 0 Å². The summed E-state index contributed by atoms with van der Waals surface area (Å²) in [5.74, 6) is 0.422. The Kier molecular flexibility index (Phi) is 6.42. The molecule has 0 bridgehead atoms. The van der Waals surface area contributed by atoms with Crippen molar-refractivity contribution < 1.29 is 9.84 Å². The van der Waals surface area contributed by atoms with E-state index in [1.54, 1.807) is 13.0 Å². The van der Waals surface area contributed by atoms with E-state index in [4.69, 9.17) is 21.4 Å². The van der Waals surface area contributed by atoms with Crippen LogP contribution in [0.4, 0.5) is 0 Å². The van der Waals surface area contributed by atoms with Crippen molar-refractivity contribution in [3.63, 3.8) is 0 Å². The minimum absolute atomic E-state index is 0.0331. The van der Waals surface area contributed by atoms with E-state index in [1.807, 2.05) is 0 Å². The van der Waals surface area contributed by atoms with Crippen LogP contribution in [0.5, 0.6) is 0 Å². The Bertz CT molecular complexity index is 199. The number of allylic oxidation sites excluding steroid dienone is 2. The minimum Gasteiger partial charge on any atom is -0.475 e. The molecule has 0 saturated heterocycles. The van der Waals surface area contributed by atoms with Gasteiger partial charge in [0.15, 0.2) is 0 Å². The van der Waals surface area contributed by atoms with Gasteiger partial charge in [-0.15, -0.1) is 0 Å². The van der Waals surface area contributed by atoms with E-state index in [-0.39, 0.29) is 13.2 Å². The van der Waals surface area contributed by atoms with E-state index < -0.39 is 0 Å². The van der Waals surface area contributed by atoms with Crippen LogP contribution in [-0.4, -0.2) is 24.5 Å². The number of halogens is 1. The third-order valence-electron chi connectivity index (χ3n) is 0.920. The Morgan fingerprint density at radius 1 is 1.75 bits per heavy atom. The van der Waals surface area contributed by atoms with Crippen LogP contribution in [-0.2, 0) is 4.74 Å². The highest BCUT2D eigenvalue weighted by molar-refractivity contribution is 6.38. The first-order valence-corrected chi connectivity index (χ1v) is 3.87. The first-order valence-electron chi connectivity index (χ1n) is 3.49. The van der Waals surface area contributed by atoms with E-state index in [0.717, 1.165) is 0 Å². The Hall–Kier alpha value is -0.800.